The number of hydrogen-bond donors (Lipinski definition) is 4. The van der Waals surface area contributed by atoms with Gasteiger partial charge in [-0.3, -0.25) is 25.2 Å². The lowest BCUT2D eigenvalue weighted by Gasteiger charge is -2.11. The van der Waals surface area contributed by atoms with Gasteiger partial charge in [0.2, 0.25) is 17.7 Å². The summed E-state index contributed by atoms with van der Waals surface area (Å²) in [7, 11) is 0. The number of rotatable bonds is 9. The number of benzene rings is 2. The SMILES string of the molecule is O=C(CCC(=O)Nc1ccccc1Cl)NNC(=S)NC(=O)CCCOc1ccc(Cl)cc1Cl. The molecular weight excluding hydrogens is 511 g/mol. The molecule has 2 aromatic carbocycles. The second kappa shape index (κ2) is 13.8. The van der Waals surface area contributed by atoms with E-state index in [0.717, 1.165) is 0 Å². The maximum absolute atomic E-state index is 11.9. The molecule has 0 saturated heterocycles. The van der Waals surface area contributed by atoms with Gasteiger partial charge in [-0.2, -0.15) is 0 Å². The Labute approximate surface area is 211 Å². The highest BCUT2D eigenvalue weighted by Gasteiger charge is 2.10. The summed E-state index contributed by atoms with van der Waals surface area (Å²) in [6.07, 6.45) is 0.406. The Morgan fingerprint density at radius 2 is 1.58 bits per heavy atom. The van der Waals surface area contributed by atoms with Crippen molar-refractivity contribution in [2.24, 2.45) is 0 Å². The number of hydrogen-bond acceptors (Lipinski definition) is 5. The van der Waals surface area contributed by atoms with E-state index in [2.05, 4.69) is 21.5 Å². The molecule has 8 nitrogen and oxygen atoms in total. The standard InChI is InChI=1S/C21H21Cl3N4O4S/c22-13-7-8-17(15(24)12-13)32-11-3-6-18(29)26-21(33)28-27-20(31)10-9-19(30)25-16-5-2-1-4-14(16)23/h1-2,4-5,7-8,12H,3,6,9-11H2,(H,25,30)(H,27,31)(H2,26,28,29,33). The van der Waals surface area contributed by atoms with E-state index in [1.54, 1.807) is 42.5 Å². The van der Waals surface area contributed by atoms with Crippen LogP contribution in [-0.2, 0) is 14.4 Å². The molecule has 2 rings (SSSR count). The first kappa shape index (κ1) is 26.7. The maximum atomic E-state index is 11.9. The van der Waals surface area contributed by atoms with E-state index in [9.17, 15) is 14.4 Å². The second-order valence-electron chi connectivity index (χ2n) is 6.61. The number of nitrogens with one attached hydrogen (secondary N) is 4. The van der Waals surface area contributed by atoms with Crippen molar-refractivity contribution in [1.82, 2.24) is 16.2 Å². The van der Waals surface area contributed by atoms with Crippen LogP contribution in [0, 0.1) is 0 Å². The number of thiocarbonyl (C=S) groups is 1. The first-order chi connectivity index (χ1) is 15.7. The van der Waals surface area contributed by atoms with Crippen LogP contribution in [0.4, 0.5) is 5.69 Å². The number of halogens is 3. The van der Waals surface area contributed by atoms with E-state index in [0.29, 0.717) is 32.9 Å². The van der Waals surface area contributed by atoms with Gasteiger partial charge in [0.05, 0.1) is 22.3 Å². The molecule has 2 aromatic rings. The van der Waals surface area contributed by atoms with Gasteiger partial charge >= 0.3 is 0 Å². The molecule has 0 saturated carbocycles. The van der Waals surface area contributed by atoms with Gasteiger partial charge in [0.25, 0.3) is 0 Å². The van der Waals surface area contributed by atoms with E-state index < -0.39 is 5.91 Å². The molecule has 0 fully saturated rings. The molecule has 0 aromatic heterocycles. The van der Waals surface area contributed by atoms with E-state index in [4.69, 9.17) is 51.8 Å². The van der Waals surface area contributed by atoms with Crippen molar-refractivity contribution in [2.75, 3.05) is 11.9 Å². The van der Waals surface area contributed by atoms with Crippen molar-refractivity contribution in [3.05, 3.63) is 57.5 Å². The minimum atomic E-state index is -0.478. The van der Waals surface area contributed by atoms with Gasteiger partial charge in [0.15, 0.2) is 5.11 Å². The third kappa shape index (κ3) is 10.3. The fourth-order valence-corrected chi connectivity index (χ4v) is 3.23. The summed E-state index contributed by atoms with van der Waals surface area (Å²) < 4.78 is 5.50. The zero-order valence-corrected chi connectivity index (χ0v) is 20.3. The highest BCUT2D eigenvalue weighted by atomic mass is 35.5. The average molecular weight is 532 g/mol. The third-order valence-corrected chi connectivity index (χ3v) is 5.06. The normalized spacial score (nSPS) is 10.2. The lowest BCUT2D eigenvalue weighted by Crippen LogP contribution is -2.48. The molecule has 0 unspecified atom stereocenters. The number of carbonyl (C=O) groups excluding carboxylic acids is 3. The topological polar surface area (TPSA) is 109 Å². The van der Waals surface area contributed by atoms with E-state index in [1.807, 2.05) is 0 Å². The van der Waals surface area contributed by atoms with Gasteiger partial charge in [-0.15, -0.1) is 0 Å². The van der Waals surface area contributed by atoms with Gasteiger partial charge in [0.1, 0.15) is 5.75 Å². The zero-order chi connectivity index (χ0) is 24.2. The number of anilines is 1. The van der Waals surface area contributed by atoms with E-state index in [1.165, 1.54) is 0 Å². The molecule has 4 N–H and O–H groups in total. The lowest BCUT2D eigenvalue weighted by atomic mass is 10.2. The van der Waals surface area contributed by atoms with Crippen molar-refractivity contribution in [3.8, 4) is 5.75 Å². The van der Waals surface area contributed by atoms with Crippen LogP contribution in [-0.4, -0.2) is 29.4 Å². The first-order valence-electron chi connectivity index (χ1n) is 9.75. The summed E-state index contributed by atoms with van der Waals surface area (Å²) in [4.78, 5) is 35.7. The second-order valence-corrected chi connectivity index (χ2v) is 8.26. The van der Waals surface area contributed by atoms with E-state index in [-0.39, 0.29) is 42.8 Å². The summed E-state index contributed by atoms with van der Waals surface area (Å²) >= 11 is 22.8. The van der Waals surface area contributed by atoms with Crippen LogP contribution in [0.2, 0.25) is 15.1 Å². The highest BCUT2D eigenvalue weighted by molar-refractivity contribution is 7.80. The Morgan fingerprint density at radius 1 is 0.848 bits per heavy atom. The van der Waals surface area contributed by atoms with Gasteiger partial charge in [-0.05, 0) is 49.0 Å². The monoisotopic (exact) mass is 530 g/mol. The van der Waals surface area contributed by atoms with Crippen LogP contribution in [0.25, 0.3) is 0 Å². The average Bonchev–Trinajstić information content (AvgIpc) is 2.76. The third-order valence-electron chi connectivity index (χ3n) is 4.00. The molecule has 0 bridgehead atoms. The van der Waals surface area contributed by atoms with Crippen LogP contribution in [0.3, 0.4) is 0 Å². The summed E-state index contributed by atoms with van der Waals surface area (Å²) in [6.45, 7) is 0.266. The van der Waals surface area contributed by atoms with Gasteiger partial charge in [-0.1, -0.05) is 46.9 Å². The summed E-state index contributed by atoms with van der Waals surface area (Å²) in [6, 6.07) is 11.6. The first-order valence-corrected chi connectivity index (χ1v) is 11.3. The maximum Gasteiger partial charge on any atom is 0.238 e. The predicted octanol–water partition coefficient (Wildman–Crippen LogP) is 4.25. The molecule has 0 spiro atoms. The van der Waals surface area contributed by atoms with Crippen LogP contribution < -0.4 is 26.2 Å². The van der Waals surface area contributed by atoms with Gasteiger partial charge in [0, 0.05) is 24.3 Å². The lowest BCUT2D eigenvalue weighted by molar-refractivity contribution is -0.124. The fourth-order valence-electron chi connectivity index (χ4n) is 2.42. The van der Waals surface area contributed by atoms with Gasteiger partial charge in [-0.25, -0.2) is 0 Å². The highest BCUT2D eigenvalue weighted by Crippen LogP contribution is 2.27. The van der Waals surface area contributed by atoms with Crippen molar-refractivity contribution in [1.29, 1.82) is 0 Å². The Morgan fingerprint density at radius 3 is 2.30 bits per heavy atom. The largest absolute Gasteiger partial charge is 0.492 e. The number of ether oxygens (including phenoxy) is 1. The minimum absolute atomic E-state index is 0.0600. The fraction of sp³-hybridized carbons (Fsp3) is 0.238. The molecule has 0 radical (unpaired) electrons. The van der Waals surface area contributed by atoms with Crippen LogP contribution in [0.5, 0.6) is 5.75 Å². The summed E-state index contributed by atoms with van der Waals surface area (Å²) in [5.41, 5.74) is 5.19. The quantitative estimate of drug-likeness (QED) is 0.219. The Bertz CT molecular complexity index is 1020. The van der Waals surface area contributed by atoms with Crippen molar-refractivity contribution >= 4 is 75.5 Å². The van der Waals surface area contributed by atoms with Crippen molar-refractivity contribution < 1.29 is 19.1 Å². The smallest absolute Gasteiger partial charge is 0.238 e. The van der Waals surface area contributed by atoms with Crippen LogP contribution >= 0.6 is 47.0 Å². The van der Waals surface area contributed by atoms with Crippen molar-refractivity contribution in [3.63, 3.8) is 0 Å². The molecule has 0 aliphatic rings. The van der Waals surface area contributed by atoms with Gasteiger partial charge < -0.3 is 15.4 Å². The molecule has 3 amide bonds. The Hall–Kier alpha value is -2.59. The molecule has 12 heteroatoms. The molecule has 0 atom stereocenters. The molecule has 0 heterocycles. The number of para-hydroxylation sites is 1. The van der Waals surface area contributed by atoms with Crippen LogP contribution in [0.15, 0.2) is 42.5 Å². The summed E-state index contributed by atoms with van der Waals surface area (Å²) in [5, 5.41) is 6.26. The summed E-state index contributed by atoms with van der Waals surface area (Å²) in [5.74, 6) is -0.723. The zero-order valence-electron chi connectivity index (χ0n) is 17.3. The number of hydrazine groups is 1. The van der Waals surface area contributed by atoms with Crippen LogP contribution in [0.1, 0.15) is 25.7 Å². The molecule has 0 aliphatic carbocycles. The number of carbonyl (C=O) groups is 3. The molecular formula is C21H21Cl3N4O4S. The Kier molecular flexibility index (Phi) is 11.2. The molecule has 0 aliphatic heterocycles. The van der Waals surface area contributed by atoms with Crippen molar-refractivity contribution in [2.45, 2.75) is 25.7 Å². The predicted molar refractivity (Wildman–Crippen MR) is 133 cm³/mol. The minimum Gasteiger partial charge on any atom is -0.492 e. The van der Waals surface area contributed by atoms with E-state index >= 15 is 0 Å². The molecule has 33 heavy (non-hydrogen) atoms. The molecule has 176 valence electrons. The number of amides is 3. The Balaban J connectivity index is 1.57.